The highest BCUT2D eigenvalue weighted by Crippen LogP contribution is 2.13. The number of rotatable bonds is 0. The van der Waals surface area contributed by atoms with Gasteiger partial charge in [-0.25, -0.2) is 9.97 Å². The topological polar surface area (TPSA) is 25.8 Å². The third-order valence-electron chi connectivity index (χ3n) is 2.23. The van der Waals surface area contributed by atoms with Crippen molar-refractivity contribution in [3.63, 3.8) is 0 Å². The minimum absolute atomic E-state index is 0.980. The van der Waals surface area contributed by atoms with Crippen LogP contribution in [0.4, 0.5) is 0 Å². The molecule has 1 aromatic carbocycles. The molecule has 0 aliphatic rings. The molecule has 0 fully saturated rings. The van der Waals surface area contributed by atoms with Crippen LogP contribution >= 0.6 is 0 Å². The van der Waals surface area contributed by atoms with E-state index in [1.165, 1.54) is 5.56 Å². The van der Waals surface area contributed by atoms with Gasteiger partial charge < -0.3 is 0 Å². The molecule has 0 unspecified atom stereocenters. The third kappa shape index (κ3) is 2.52. The maximum Gasteiger partial charge on any atom is 0.0892 e. The molecule has 0 radical (unpaired) electrons. The van der Waals surface area contributed by atoms with Gasteiger partial charge in [-0.15, -0.1) is 0 Å². The second-order valence-electron chi connectivity index (χ2n) is 3.39. The molecule has 0 N–H and O–H groups in total. The lowest BCUT2D eigenvalue weighted by molar-refractivity contribution is 1.10. The van der Waals surface area contributed by atoms with Crippen molar-refractivity contribution in [1.29, 1.82) is 0 Å². The number of aromatic nitrogens is 2. The molecule has 1 heterocycles. The molecule has 0 spiro atoms. The Labute approximate surface area is 91.4 Å². The molecule has 0 saturated carbocycles. The smallest absolute Gasteiger partial charge is 0.0892 e. The van der Waals surface area contributed by atoms with Gasteiger partial charge in [0.15, 0.2) is 0 Å². The number of hydrogen-bond donors (Lipinski definition) is 0. The van der Waals surface area contributed by atoms with Crippen LogP contribution in [0.1, 0.15) is 30.8 Å². The van der Waals surface area contributed by atoms with Crippen molar-refractivity contribution in [2.24, 2.45) is 0 Å². The fourth-order valence-electron chi connectivity index (χ4n) is 1.34. The van der Waals surface area contributed by atoms with E-state index in [9.17, 15) is 0 Å². The largest absolute Gasteiger partial charge is 0.250 e. The summed E-state index contributed by atoms with van der Waals surface area (Å²) in [5.41, 5.74) is 5.22. The predicted octanol–water partition coefficient (Wildman–Crippen LogP) is 3.58. The summed E-state index contributed by atoms with van der Waals surface area (Å²) in [5.74, 6) is 0. The van der Waals surface area contributed by atoms with Gasteiger partial charge >= 0.3 is 0 Å². The molecule has 2 nitrogen and oxygen atoms in total. The molecule has 0 amide bonds. The summed E-state index contributed by atoms with van der Waals surface area (Å²) < 4.78 is 0. The minimum Gasteiger partial charge on any atom is -0.250 e. The summed E-state index contributed by atoms with van der Waals surface area (Å²) in [6.07, 6.45) is 0. The standard InChI is InChI=1S/C11H12N2.C2H6/c1-7-4-5-10-11(6-7)13-9(3)8(2)12-10;1-2/h4-6H,1-3H3;1-2H3. The molecular weight excluding hydrogens is 184 g/mol. The second-order valence-corrected chi connectivity index (χ2v) is 3.39. The molecule has 2 rings (SSSR count). The van der Waals surface area contributed by atoms with Crippen LogP contribution in [0.5, 0.6) is 0 Å². The average Bonchev–Trinajstić information content (AvgIpc) is 2.23. The Morgan fingerprint density at radius 2 is 1.33 bits per heavy atom. The van der Waals surface area contributed by atoms with Gasteiger partial charge in [0.2, 0.25) is 0 Å². The minimum atomic E-state index is 0.980. The van der Waals surface area contributed by atoms with E-state index < -0.39 is 0 Å². The van der Waals surface area contributed by atoms with Gasteiger partial charge in [0.25, 0.3) is 0 Å². The Morgan fingerprint density at radius 1 is 0.800 bits per heavy atom. The Hall–Kier alpha value is -1.44. The molecule has 0 bridgehead atoms. The molecule has 80 valence electrons. The van der Waals surface area contributed by atoms with Gasteiger partial charge in [0.05, 0.1) is 22.4 Å². The SMILES string of the molecule is CC.Cc1ccc2nc(C)c(C)nc2c1. The van der Waals surface area contributed by atoms with E-state index in [0.29, 0.717) is 0 Å². The fourth-order valence-corrected chi connectivity index (χ4v) is 1.34. The maximum absolute atomic E-state index is 4.47. The van der Waals surface area contributed by atoms with Crippen LogP contribution in [-0.4, -0.2) is 9.97 Å². The van der Waals surface area contributed by atoms with Crippen molar-refractivity contribution in [2.45, 2.75) is 34.6 Å². The summed E-state index contributed by atoms with van der Waals surface area (Å²) in [6.45, 7) is 10.0. The number of nitrogens with zero attached hydrogens (tertiary/aromatic N) is 2. The first-order valence-electron chi connectivity index (χ1n) is 5.38. The number of aryl methyl sites for hydroxylation is 3. The molecular formula is C13H18N2. The monoisotopic (exact) mass is 202 g/mol. The lowest BCUT2D eigenvalue weighted by atomic mass is 10.2. The van der Waals surface area contributed by atoms with Crippen LogP contribution < -0.4 is 0 Å². The van der Waals surface area contributed by atoms with E-state index in [4.69, 9.17) is 0 Å². The number of fused-ring (bicyclic) bond motifs is 1. The first-order valence-corrected chi connectivity index (χ1v) is 5.38. The first kappa shape index (κ1) is 11.6. The van der Waals surface area contributed by atoms with Gasteiger partial charge in [0.1, 0.15) is 0 Å². The first-order chi connectivity index (χ1) is 7.16. The highest BCUT2D eigenvalue weighted by molar-refractivity contribution is 5.75. The Morgan fingerprint density at radius 3 is 1.93 bits per heavy atom. The van der Waals surface area contributed by atoms with Crippen molar-refractivity contribution in [3.8, 4) is 0 Å². The molecule has 2 heteroatoms. The van der Waals surface area contributed by atoms with Crippen LogP contribution in [0, 0.1) is 20.8 Å². The van der Waals surface area contributed by atoms with Crippen LogP contribution in [0.2, 0.25) is 0 Å². The van der Waals surface area contributed by atoms with Gasteiger partial charge in [-0.2, -0.15) is 0 Å². The van der Waals surface area contributed by atoms with Crippen molar-refractivity contribution in [1.82, 2.24) is 9.97 Å². The average molecular weight is 202 g/mol. The third-order valence-corrected chi connectivity index (χ3v) is 2.23. The Kier molecular flexibility index (Phi) is 3.78. The van der Waals surface area contributed by atoms with E-state index in [1.54, 1.807) is 0 Å². The predicted molar refractivity (Wildman–Crippen MR) is 65.1 cm³/mol. The summed E-state index contributed by atoms with van der Waals surface area (Å²) >= 11 is 0. The van der Waals surface area contributed by atoms with E-state index in [1.807, 2.05) is 33.8 Å². The zero-order valence-electron chi connectivity index (χ0n) is 10.1. The zero-order chi connectivity index (χ0) is 11.4. The van der Waals surface area contributed by atoms with Gasteiger partial charge in [-0.1, -0.05) is 19.9 Å². The Bertz CT molecular complexity index is 461. The van der Waals surface area contributed by atoms with E-state index in [-0.39, 0.29) is 0 Å². The quantitative estimate of drug-likeness (QED) is 0.652. The van der Waals surface area contributed by atoms with Gasteiger partial charge in [-0.05, 0) is 38.5 Å². The fraction of sp³-hybridized carbons (Fsp3) is 0.385. The lowest BCUT2D eigenvalue weighted by Crippen LogP contribution is -1.93. The normalized spacial score (nSPS) is 9.67. The van der Waals surface area contributed by atoms with E-state index >= 15 is 0 Å². The van der Waals surface area contributed by atoms with Crippen LogP contribution in [0.3, 0.4) is 0 Å². The Balaban J connectivity index is 0.000000531. The van der Waals surface area contributed by atoms with Crippen molar-refractivity contribution in [3.05, 3.63) is 35.2 Å². The van der Waals surface area contributed by atoms with Crippen molar-refractivity contribution >= 4 is 11.0 Å². The molecule has 0 atom stereocenters. The maximum atomic E-state index is 4.47. The van der Waals surface area contributed by atoms with Crippen molar-refractivity contribution < 1.29 is 0 Å². The number of benzene rings is 1. The van der Waals surface area contributed by atoms with Crippen LogP contribution in [-0.2, 0) is 0 Å². The molecule has 15 heavy (non-hydrogen) atoms. The summed E-state index contributed by atoms with van der Waals surface area (Å²) in [6, 6.07) is 6.14. The molecule has 1 aromatic heterocycles. The highest BCUT2D eigenvalue weighted by Gasteiger charge is 2.00. The lowest BCUT2D eigenvalue weighted by Gasteiger charge is -2.02. The molecule has 0 aliphatic heterocycles. The van der Waals surface area contributed by atoms with Crippen molar-refractivity contribution in [2.75, 3.05) is 0 Å². The summed E-state index contributed by atoms with van der Waals surface area (Å²) in [4.78, 5) is 8.93. The van der Waals surface area contributed by atoms with E-state index in [2.05, 4.69) is 29.0 Å². The summed E-state index contributed by atoms with van der Waals surface area (Å²) in [7, 11) is 0. The number of hydrogen-bond acceptors (Lipinski definition) is 2. The molecule has 0 aliphatic carbocycles. The van der Waals surface area contributed by atoms with E-state index in [0.717, 1.165) is 22.4 Å². The van der Waals surface area contributed by atoms with Crippen LogP contribution in [0.25, 0.3) is 11.0 Å². The summed E-state index contributed by atoms with van der Waals surface area (Å²) in [5, 5.41) is 0. The molecule has 2 aromatic rings. The van der Waals surface area contributed by atoms with Crippen LogP contribution in [0.15, 0.2) is 18.2 Å². The highest BCUT2D eigenvalue weighted by atomic mass is 14.8. The zero-order valence-corrected chi connectivity index (χ0v) is 10.1. The molecule has 0 saturated heterocycles. The van der Waals surface area contributed by atoms with Gasteiger partial charge in [0, 0.05) is 0 Å². The van der Waals surface area contributed by atoms with Gasteiger partial charge in [-0.3, -0.25) is 0 Å². The second kappa shape index (κ2) is 4.87.